The lowest BCUT2D eigenvalue weighted by atomic mass is 9.95. The van der Waals surface area contributed by atoms with Crippen LogP contribution in [-0.2, 0) is 14.4 Å². The maximum Gasteiger partial charge on any atom is 0.261 e. The number of amides is 2. The van der Waals surface area contributed by atoms with Crippen LogP contribution in [0.5, 0.6) is 0 Å². The summed E-state index contributed by atoms with van der Waals surface area (Å²) in [7, 11) is 1.52. The molecule has 2 amide bonds. The zero-order valence-corrected chi connectivity index (χ0v) is 13.6. The van der Waals surface area contributed by atoms with Crippen LogP contribution < -0.4 is 5.06 Å². The lowest BCUT2D eigenvalue weighted by Gasteiger charge is -2.28. The lowest BCUT2D eigenvalue weighted by molar-refractivity contribution is -0.141. The number of anilines is 1. The standard InChI is InChI=1S/C17H16N2O3S/c1-10-6-3-4-7-11(10)19-14(12-8-5-9-23-12)13-15(22-19)17(21)18(2)16(13)20/h3-9,13-15H,1-2H3/t13-,14-,15-/m1/s1. The van der Waals surface area contributed by atoms with Crippen molar-refractivity contribution in [3.8, 4) is 0 Å². The molecule has 5 nitrogen and oxygen atoms in total. The molecule has 0 spiro atoms. The van der Waals surface area contributed by atoms with Gasteiger partial charge in [-0.05, 0) is 30.0 Å². The van der Waals surface area contributed by atoms with Crippen molar-refractivity contribution in [2.45, 2.75) is 19.1 Å². The van der Waals surface area contributed by atoms with Gasteiger partial charge in [-0.3, -0.25) is 19.3 Å². The molecule has 23 heavy (non-hydrogen) atoms. The number of likely N-dealkylation sites (tertiary alicyclic amines) is 1. The van der Waals surface area contributed by atoms with E-state index in [1.165, 1.54) is 11.9 Å². The second-order valence-electron chi connectivity index (χ2n) is 5.86. The van der Waals surface area contributed by atoms with Crippen molar-refractivity contribution in [1.29, 1.82) is 0 Å². The van der Waals surface area contributed by atoms with Crippen LogP contribution in [0.25, 0.3) is 0 Å². The summed E-state index contributed by atoms with van der Waals surface area (Å²) in [5.74, 6) is -0.933. The van der Waals surface area contributed by atoms with E-state index in [0.29, 0.717) is 0 Å². The average Bonchev–Trinajstić information content (AvgIpc) is 3.23. The van der Waals surface area contributed by atoms with E-state index in [0.717, 1.165) is 16.1 Å². The largest absolute Gasteiger partial charge is 0.283 e. The van der Waals surface area contributed by atoms with Crippen LogP contribution in [0, 0.1) is 12.8 Å². The molecule has 2 saturated heterocycles. The van der Waals surface area contributed by atoms with Gasteiger partial charge >= 0.3 is 0 Å². The molecule has 0 bridgehead atoms. The van der Waals surface area contributed by atoms with E-state index in [-0.39, 0.29) is 17.9 Å². The molecule has 118 valence electrons. The van der Waals surface area contributed by atoms with Crippen molar-refractivity contribution in [1.82, 2.24) is 4.90 Å². The molecule has 0 N–H and O–H groups in total. The molecule has 4 rings (SSSR count). The summed E-state index contributed by atoms with van der Waals surface area (Å²) in [6, 6.07) is 11.5. The van der Waals surface area contributed by atoms with E-state index < -0.39 is 12.0 Å². The normalized spacial score (nSPS) is 27.0. The number of hydroxylamine groups is 1. The topological polar surface area (TPSA) is 49.9 Å². The first-order valence-corrected chi connectivity index (χ1v) is 8.34. The van der Waals surface area contributed by atoms with Gasteiger partial charge in [-0.1, -0.05) is 24.3 Å². The number of thiophene rings is 1. The predicted octanol–water partition coefficient (Wildman–Crippen LogP) is 2.53. The maximum atomic E-state index is 12.6. The molecule has 2 aromatic rings. The van der Waals surface area contributed by atoms with E-state index in [2.05, 4.69) is 0 Å². The Morgan fingerprint density at radius 1 is 1.09 bits per heavy atom. The Bertz CT molecular complexity index is 774. The first-order chi connectivity index (χ1) is 11.1. The third-order valence-electron chi connectivity index (χ3n) is 4.52. The molecule has 1 aromatic heterocycles. The first kappa shape index (κ1) is 14.4. The highest BCUT2D eigenvalue weighted by molar-refractivity contribution is 7.10. The highest BCUT2D eigenvalue weighted by Crippen LogP contribution is 2.47. The highest BCUT2D eigenvalue weighted by Gasteiger charge is 2.59. The number of nitrogens with zero attached hydrogens (tertiary/aromatic N) is 2. The van der Waals surface area contributed by atoms with Gasteiger partial charge in [0.05, 0.1) is 5.69 Å². The minimum absolute atomic E-state index is 0.172. The van der Waals surface area contributed by atoms with Gasteiger partial charge in [-0.15, -0.1) is 11.3 Å². The van der Waals surface area contributed by atoms with Crippen LogP contribution in [0.2, 0.25) is 0 Å². The van der Waals surface area contributed by atoms with Gasteiger partial charge in [-0.2, -0.15) is 0 Å². The summed E-state index contributed by atoms with van der Waals surface area (Å²) < 4.78 is 0. The monoisotopic (exact) mass is 328 g/mol. The molecule has 2 fully saturated rings. The van der Waals surface area contributed by atoms with E-state index in [1.54, 1.807) is 16.4 Å². The Morgan fingerprint density at radius 2 is 1.87 bits per heavy atom. The van der Waals surface area contributed by atoms with Gasteiger partial charge in [0.2, 0.25) is 5.91 Å². The summed E-state index contributed by atoms with van der Waals surface area (Å²) in [5.41, 5.74) is 1.94. The number of imide groups is 1. The van der Waals surface area contributed by atoms with Crippen molar-refractivity contribution < 1.29 is 14.4 Å². The SMILES string of the molecule is Cc1ccccc1N1O[C@H]2C(=O)N(C)C(=O)[C@@H]2[C@H]1c1cccs1. The molecular weight excluding hydrogens is 312 g/mol. The second-order valence-corrected chi connectivity index (χ2v) is 6.84. The Kier molecular flexibility index (Phi) is 3.25. The number of hydrogen-bond donors (Lipinski definition) is 0. The third-order valence-corrected chi connectivity index (χ3v) is 5.47. The molecule has 1 aromatic carbocycles. The van der Waals surface area contributed by atoms with E-state index in [1.807, 2.05) is 48.7 Å². The fourth-order valence-corrected chi connectivity index (χ4v) is 4.17. The smallest absolute Gasteiger partial charge is 0.261 e. The number of benzene rings is 1. The summed E-state index contributed by atoms with van der Waals surface area (Å²) in [4.78, 5) is 33.1. The van der Waals surface area contributed by atoms with Crippen LogP contribution in [0.4, 0.5) is 5.69 Å². The first-order valence-electron chi connectivity index (χ1n) is 7.46. The number of para-hydroxylation sites is 1. The maximum absolute atomic E-state index is 12.6. The van der Waals surface area contributed by atoms with Crippen LogP contribution in [0.3, 0.4) is 0 Å². The van der Waals surface area contributed by atoms with Crippen LogP contribution in [-0.4, -0.2) is 29.9 Å². The van der Waals surface area contributed by atoms with Crippen molar-refractivity contribution in [2.24, 2.45) is 5.92 Å². The number of carbonyl (C=O) groups is 2. The zero-order chi connectivity index (χ0) is 16.1. The molecule has 6 heteroatoms. The van der Waals surface area contributed by atoms with E-state index in [9.17, 15) is 9.59 Å². The zero-order valence-electron chi connectivity index (χ0n) is 12.8. The van der Waals surface area contributed by atoms with Crippen LogP contribution in [0.15, 0.2) is 41.8 Å². The summed E-state index contributed by atoms with van der Waals surface area (Å²) in [6.07, 6.45) is -0.737. The molecule has 2 aliphatic heterocycles. The average molecular weight is 328 g/mol. The molecule has 3 atom stereocenters. The number of fused-ring (bicyclic) bond motifs is 1. The van der Waals surface area contributed by atoms with Crippen molar-refractivity contribution in [3.05, 3.63) is 52.2 Å². The highest BCUT2D eigenvalue weighted by atomic mass is 32.1. The Labute approximate surface area is 138 Å². The third kappa shape index (κ3) is 2.02. The second kappa shape index (κ2) is 5.18. The fraction of sp³-hybridized carbons (Fsp3) is 0.294. The molecule has 3 heterocycles. The number of aryl methyl sites for hydroxylation is 1. The fourth-order valence-electron chi connectivity index (χ4n) is 3.32. The van der Waals surface area contributed by atoms with Crippen LogP contribution >= 0.6 is 11.3 Å². The molecular formula is C17H16N2O3S. The molecule has 0 aliphatic carbocycles. The van der Waals surface area contributed by atoms with Gasteiger partial charge < -0.3 is 0 Å². The number of carbonyl (C=O) groups excluding carboxylic acids is 2. The van der Waals surface area contributed by atoms with Gasteiger partial charge in [0.1, 0.15) is 12.0 Å². The van der Waals surface area contributed by atoms with Crippen LogP contribution in [0.1, 0.15) is 16.5 Å². The molecule has 0 saturated carbocycles. The predicted molar refractivity (Wildman–Crippen MR) is 86.9 cm³/mol. The van der Waals surface area contributed by atoms with Gasteiger partial charge in [0.25, 0.3) is 5.91 Å². The minimum atomic E-state index is -0.737. The summed E-state index contributed by atoms with van der Waals surface area (Å²) >= 11 is 1.57. The molecule has 0 radical (unpaired) electrons. The lowest BCUT2D eigenvalue weighted by Crippen LogP contribution is -2.34. The number of hydrogen-bond acceptors (Lipinski definition) is 5. The summed E-state index contributed by atoms with van der Waals surface area (Å²) in [6.45, 7) is 1.99. The Hall–Kier alpha value is -2.18. The molecule has 0 unspecified atom stereocenters. The van der Waals surface area contributed by atoms with Gasteiger partial charge in [-0.25, -0.2) is 5.06 Å². The minimum Gasteiger partial charge on any atom is -0.283 e. The molecule has 2 aliphatic rings. The Morgan fingerprint density at radius 3 is 2.57 bits per heavy atom. The van der Waals surface area contributed by atoms with Crippen molar-refractivity contribution in [3.63, 3.8) is 0 Å². The number of rotatable bonds is 2. The van der Waals surface area contributed by atoms with Crippen molar-refractivity contribution >= 4 is 28.8 Å². The van der Waals surface area contributed by atoms with Gasteiger partial charge in [0, 0.05) is 11.9 Å². The van der Waals surface area contributed by atoms with Crippen molar-refractivity contribution in [2.75, 3.05) is 12.1 Å². The van der Waals surface area contributed by atoms with E-state index >= 15 is 0 Å². The number of likely N-dealkylation sites (N-methyl/N-ethyl adjacent to an activating group) is 1. The Balaban J connectivity index is 1.83. The quantitative estimate of drug-likeness (QED) is 0.795. The van der Waals surface area contributed by atoms with Gasteiger partial charge in [0.15, 0.2) is 6.10 Å². The van der Waals surface area contributed by atoms with E-state index in [4.69, 9.17) is 4.84 Å². The summed E-state index contributed by atoms with van der Waals surface area (Å²) in [5, 5.41) is 3.73.